The van der Waals surface area contributed by atoms with Crippen molar-refractivity contribution in [1.82, 2.24) is 15.0 Å². The number of nitrogens with zero attached hydrogens (tertiary/aromatic N) is 3. The average molecular weight is 314 g/mol. The van der Waals surface area contributed by atoms with Crippen LogP contribution in [0.3, 0.4) is 0 Å². The van der Waals surface area contributed by atoms with Gasteiger partial charge in [0.25, 0.3) is 0 Å². The second-order valence-electron chi connectivity index (χ2n) is 5.25. The van der Waals surface area contributed by atoms with Crippen LogP contribution in [0, 0.1) is 13.8 Å². The summed E-state index contributed by atoms with van der Waals surface area (Å²) in [6.45, 7) is 3.85. The summed E-state index contributed by atoms with van der Waals surface area (Å²) in [5.41, 5.74) is 5.37. The molecule has 0 spiro atoms. The first-order valence-electron chi connectivity index (χ1n) is 6.99. The van der Waals surface area contributed by atoms with Crippen LogP contribution in [0.5, 0.6) is 0 Å². The molecular weight excluding hydrogens is 298 g/mol. The second kappa shape index (κ2) is 5.91. The third-order valence-corrected chi connectivity index (χ3v) is 3.80. The summed E-state index contributed by atoms with van der Waals surface area (Å²) in [5.74, 6) is 0. The van der Waals surface area contributed by atoms with Crippen LogP contribution in [0.15, 0.2) is 42.5 Å². The van der Waals surface area contributed by atoms with Crippen LogP contribution in [0.4, 0.5) is 0 Å². The highest BCUT2D eigenvalue weighted by molar-refractivity contribution is 6.30. The zero-order chi connectivity index (χ0) is 15.7. The van der Waals surface area contributed by atoms with Gasteiger partial charge in [0.1, 0.15) is 11.4 Å². The first kappa shape index (κ1) is 14.8. The Morgan fingerprint density at radius 1 is 1.14 bits per heavy atom. The second-order valence-corrected chi connectivity index (χ2v) is 5.69. The molecule has 0 saturated heterocycles. The molecule has 1 aromatic heterocycles. The zero-order valence-corrected chi connectivity index (χ0v) is 13.2. The molecule has 112 valence electrons. The van der Waals surface area contributed by atoms with Gasteiger partial charge in [-0.25, -0.2) is 4.68 Å². The Kier molecular flexibility index (Phi) is 3.96. The first-order chi connectivity index (χ1) is 10.6. The third kappa shape index (κ3) is 2.63. The van der Waals surface area contributed by atoms with Crippen molar-refractivity contribution in [2.75, 3.05) is 0 Å². The van der Waals surface area contributed by atoms with Gasteiger partial charge in [-0.1, -0.05) is 40.6 Å². The largest absolute Gasteiger partial charge is 0.390 e. The van der Waals surface area contributed by atoms with Crippen molar-refractivity contribution in [3.8, 4) is 16.9 Å². The number of hydrogen-bond acceptors (Lipinski definition) is 3. The van der Waals surface area contributed by atoms with Crippen LogP contribution in [0.1, 0.15) is 16.8 Å². The Morgan fingerprint density at radius 3 is 2.64 bits per heavy atom. The van der Waals surface area contributed by atoms with Gasteiger partial charge in [-0.15, -0.1) is 5.10 Å². The Hall–Kier alpha value is -2.17. The minimum Gasteiger partial charge on any atom is -0.390 e. The van der Waals surface area contributed by atoms with E-state index in [1.807, 2.05) is 50.2 Å². The smallest absolute Gasteiger partial charge is 0.117 e. The van der Waals surface area contributed by atoms with E-state index in [1.54, 1.807) is 4.68 Å². The van der Waals surface area contributed by atoms with Gasteiger partial charge in [0, 0.05) is 10.6 Å². The number of aliphatic hydroxyl groups excluding tert-OH is 1. The van der Waals surface area contributed by atoms with Crippen LogP contribution in [-0.4, -0.2) is 20.1 Å². The van der Waals surface area contributed by atoms with E-state index in [9.17, 15) is 5.11 Å². The normalized spacial score (nSPS) is 10.9. The van der Waals surface area contributed by atoms with Crippen LogP contribution >= 0.6 is 11.6 Å². The molecule has 0 radical (unpaired) electrons. The highest BCUT2D eigenvalue weighted by atomic mass is 35.5. The molecule has 1 heterocycles. The van der Waals surface area contributed by atoms with Gasteiger partial charge >= 0.3 is 0 Å². The topological polar surface area (TPSA) is 50.9 Å². The lowest BCUT2D eigenvalue weighted by Gasteiger charge is -2.11. The molecule has 3 aromatic rings. The fourth-order valence-corrected chi connectivity index (χ4v) is 2.75. The Bertz CT molecular complexity index is 827. The highest BCUT2D eigenvalue weighted by Crippen LogP contribution is 2.28. The van der Waals surface area contributed by atoms with E-state index in [4.69, 9.17) is 11.6 Å². The lowest BCUT2D eigenvalue weighted by molar-refractivity contribution is 0.277. The monoisotopic (exact) mass is 313 g/mol. The van der Waals surface area contributed by atoms with Crippen molar-refractivity contribution in [3.05, 3.63) is 64.3 Å². The van der Waals surface area contributed by atoms with Crippen molar-refractivity contribution in [1.29, 1.82) is 0 Å². The van der Waals surface area contributed by atoms with Gasteiger partial charge < -0.3 is 5.11 Å². The van der Waals surface area contributed by atoms with Gasteiger partial charge in [0.05, 0.1) is 12.3 Å². The number of hydrogen-bond donors (Lipinski definition) is 1. The molecule has 0 aliphatic heterocycles. The first-order valence-corrected chi connectivity index (χ1v) is 7.37. The lowest BCUT2D eigenvalue weighted by Crippen LogP contribution is -2.02. The minimum atomic E-state index is -0.157. The van der Waals surface area contributed by atoms with Gasteiger partial charge in [-0.2, -0.15) is 0 Å². The maximum atomic E-state index is 9.59. The van der Waals surface area contributed by atoms with E-state index >= 15 is 0 Å². The quantitative estimate of drug-likeness (QED) is 0.802. The summed E-state index contributed by atoms with van der Waals surface area (Å²) < 4.78 is 1.76. The molecule has 0 atom stereocenters. The Labute approximate surface area is 134 Å². The molecule has 0 unspecified atom stereocenters. The third-order valence-electron chi connectivity index (χ3n) is 3.57. The number of aryl methyl sites for hydroxylation is 2. The van der Waals surface area contributed by atoms with Crippen molar-refractivity contribution < 1.29 is 5.11 Å². The lowest BCUT2D eigenvalue weighted by atomic mass is 10.1. The van der Waals surface area contributed by atoms with Crippen LogP contribution in [0.2, 0.25) is 5.02 Å². The van der Waals surface area contributed by atoms with Crippen LogP contribution in [0.25, 0.3) is 16.9 Å². The predicted octanol–water partition coefficient (Wildman–Crippen LogP) is 3.70. The highest BCUT2D eigenvalue weighted by Gasteiger charge is 2.17. The summed E-state index contributed by atoms with van der Waals surface area (Å²) in [6.07, 6.45) is 0. The fraction of sp³-hybridized carbons (Fsp3) is 0.176. The molecule has 0 aliphatic rings. The molecule has 4 nitrogen and oxygen atoms in total. The van der Waals surface area contributed by atoms with Gasteiger partial charge in [-0.3, -0.25) is 0 Å². The van der Waals surface area contributed by atoms with Gasteiger partial charge in [0.15, 0.2) is 0 Å². The summed E-state index contributed by atoms with van der Waals surface area (Å²) in [5, 5.41) is 18.6. The molecule has 0 saturated carbocycles. The number of aliphatic hydroxyl groups is 1. The fourth-order valence-electron chi connectivity index (χ4n) is 2.53. The summed E-state index contributed by atoms with van der Waals surface area (Å²) in [4.78, 5) is 0. The van der Waals surface area contributed by atoms with E-state index in [-0.39, 0.29) is 6.61 Å². The molecule has 0 fully saturated rings. The summed E-state index contributed by atoms with van der Waals surface area (Å²) in [7, 11) is 0. The minimum absolute atomic E-state index is 0.157. The molecule has 0 bridgehead atoms. The van der Waals surface area contributed by atoms with E-state index in [2.05, 4.69) is 16.4 Å². The molecule has 22 heavy (non-hydrogen) atoms. The number of benzene rings is 2. The molecular formula is C17H16ClN3O. The van der Waals surface area contributed by atoms with Crippen LogP contribution in [-0.2, 0) is 6.61 Å². The average Bonchev–Trinajstić information content (AvgIpc) is 2.91. The van der Waals surface area contributed by atoms with Crippen molar-refractivity contribution >= 4 is 11.6 Å². The number of aromatic nitrogens is 3. The van der Waals surface area contributed by atoms with Crippen molar-refractivity contribution in [2.24, 2.45) is 0 Å². The SMILES string of the molecule is Cc1cccc(-c2c(CO)nnn2-c2ccc(Cl)cc2C)c1. The molecule has 0 aliphatic carbocycles. The standard InChI is InChI=1S/C17H16ClN3O/c1-11-4-3-5-13(8-11)17-15(10-22)19-20-21(17)16-7-6-14(18)9-12(16)2/h3-9,22H,10H2,1-2H3. The van der Waals surface area contributed by atoms with E-state index in [0.29, 0.717) is 10.7 Å². The molecule has 3 rings (SSSR count). The Balaban J connectivity index is 2.23. The van der Waals surface area contributed by atoms with E-state index in [1.165, 1.54) is 0 Å². The van der Waals surface area contributed by atoms with Gasteiger partial charge in [0.2, 0.25) is 0 Å². The predicted molar refractivity (Wildman–Crippen MR) is 87.2 cm³/mol. The maximum Gasteiger partial charge on any atom is 0.117 e. The Morgan fingerprint density at radius 2 is 1.95 bits per heavy atom. The van der Waals surface area contributed by atoms with E-state index in [0.717, 1.165) is 28.1 Å². The molecule has 5 heteroatoms. The van der Waals surface area contributed by atoms with Crippen molar-refractivity contribution in [3.63, 3.8) is 0 Å². The molecule has 2 aromatic carbocycles. The molecule has 0 amide bonds. The van der Waals surface area contributed by atoms with Crippen LogP contribution < -0.4 is 0 Å². The maximum absolute atomic E-state index is 9.59. The summed E-state index contributed by atoms with van der Waals surface area (Å²) >= 11 is 6.03. The number of halogens is 1. The van der Waals surface area contributed by atoms with Gasteiger partial charge in [-0.05, 0) is 43.7 Å². The van der Waals surface area contributed by atoms with E-state index < -0.39 is 0 Å². The number of rotatable bonds is 3. The molecule has 1 N–H and O–H groups in total. The zero-order valence-electron chi connectivity index (χ0n) is 12.4. The van der Waals surface area contributed by atoms with Crippen molar-refractivity contribution in [2.45, 2.75) is 20.5 Å². The summed E-state index contributed by atoms with van der Waals surface area (Å²) in [6, 6.07) is 13.7.